The highest BCUT2D eigenvalue weighted by atomic mass is 16.5. The summed E-state index contributed by atoms with van der Waals surface area (Å²) in [6.07, 6.45) is 3.63. The highest BCUT2D eigenvalue weighted by Gasteiger charge is 2.27. The van der Waals surface area contributed by atoms with Crippen molar-refractivity contribution < 1.29 is 9.53 Å². The van der Waals surface area contributed by atoms with Gasteiger partial charge in [-0.05, 0) is 25.3 Å². The van der Waals surface area contributed by atoms with Crippen LogP contribution in [-0.4, -0.2) is 53.4 Å². The van der Waals surface area contributed by atoms with Crippen LogP contribution in [0, 0.1) is 5.92 Å². The minimum Gasteiger partial charge on any atom is -0.378 e. The third kappa shape index (κ3) is 2.37. The van der Waals surface area contributed by atoms with E-state index in [4.69, 9.17) is 10.5 Å². The lowest BCUT2D eigenvalue weighted by Gasteiger charge is -2.28. The zero-order valence-corrected chi connectivity index (χ0v) is 11.0. The lowest BCUT2D eigenvalue weighted by Crippen LogP contribution is -2.41. The van der Waals surface area contributed by atoms with Gasteiger partial charge >= 0.3 is 0 Å². The Kier molecular flexibility index (Phi) is 3.52. The van der Waals surface area contributed by atoms with Gasteiger partial charge in [0.15, 0.2) is 0 Å². The Bertz CT molecular complexity index is 465. The van der Waals surface area contributed by atoms with Crippen LogP contribution in [0.4, 0.5) is 0 Å². The smallest absolute Gasteiger partial charge is 0.257 e. The second kappa shape index (κ2) is 5.30. The summed E-state index contributed by atoms with van der Waals surface area (Å²) >= 11 is 0. The van der Waals surface area contributed by atoms with E-state index < -0.39 is 0 Å². The van der Waals surface area contributed by atoms with Crippen molar-refractivity contribution in [2.75, 3.05) is 32.8 Å². The predicted molar refractivity (Wildman–Crippen MR) is 69.8 cm³/mol. The van der Waals surface area contributed by atoms with Gasteiger partial charge < -0.3 is 15.4 Å². The molecule has 0 bridgehead atoms. The molecular weight excluding hydrogens is 244 g/mol. The minimum atomic E-state index is 0.0854. The maximum atomic E-state index is 12.5. The molecule has 3 heterocycles. The van der Waals surface area contributed by atoms with E-state index in [1.54, 1.807) is 6.20 Å². The molecule has 0 saturated carbocycles. The van der Waals surface area contributed by atoms with Crippen LogP contribution in [0.25, 0.3) is 0 Å². The number of nitrogens with two attached hydrogens (primary N) is 1. The van der Waals surface area contributed by atoms with Crippen molar-refractivity contribution >= 4 is 5.91 Å². The molecule has 0 radical (unpaired) electrons. The van der Waals surface area contributed by atoms with Crippen molar-refractivity contribution in [3.8, 4) is 0 Å². The Morgan fingerprint density at radius 1 is 1.42 bits per heavy atom. The van der Waals surface area contributed by atoms with Gasteiger partial charge in [-0.25, -0.2) is 0 Å². The molecular formula is C13H20N4O2. The molecule has 1 atom stereocenters. The van der Waals surface area contributed by atoms with Gasteiger partial charge in [-0.2, -0.15) is 5.10 Å². The first-order valence-corrected chi connectivity index (χ1v) is 6.91. The molecule has 19 heavy (non-hydrogen) atoms. The largest absolute Gasteiger partial charge is 0.378 e. The number of rotatable bonds is 2. The van der Waals surface area contributed by atoms with E-state index in [1.165, 1.54) is 0 Å². The molecule has 2 N–H and O–H groups in total. The number of ether oxygens (including phenoxy) is 1. The number of carbonyl (C=O) groups excluding carboxylic acids is 1. The Labute approximate surface area is 112 Å². The van der Waals surface area contributed by atoms with Crippen LogP contribution in [0.15, 0.2) is 6.20 Å². The first kappa shape index (κ1) is 12.6. The molecule has 1 aromatic heterocycles. The maximum absolute atomic E-state index is 12.5. The van der Waals surface area contributed by atoms with Crippen LogP contribution in [-0.2, 0) is 17.7 Å². The maximum Gasteiger partial charge on any atom is 0.257 e. The van der Waals surface area contributed by atoms with E-state index in [0.29, 0.717) is 38.8 Å². The molecule has 2 aliphatic rings. The number of hydrogen-bond acceptors (Lipinski definition) is 4. The third-order valence-electron chi connectivity index (χ3n) is 4.04. The Morgan fingerprint density at radius 2 is 2.21 bits per heavy atom. The first-order chi connectivity index (χ1) is 9.29. The van der Waals surface area contributed by atoms with Gasteiger partial charge in [0.05, 0.1) is 30.7 Å². The number of aryl methyl sites for hydroxylation is 1. The van der Waals surface area contributed by atoms with Crippen molar-refractivity contribution in [2.45, 2.75) is 19.4 Å². The van der Waals surface area contributed by atoms with E-state index >= 15 is 0 Å². The zero-order chi connectivity index (χ0) is 13.2. The number of amides is 1. The fraction of sp³-hybridized carbons (Fsp3) is 0.692. The first-order valence-electron chi connectivity index (χ1n) is 6.91. The summed E-state index contributed by atoms with van der Waals surface area (Å²) in [5.74, 6) is 0.558. The van der Waals surface area contributed by atoms with E-state index in [1.807, 2.05) is 9.58 Å². The van der Waals surface area contributed by atoms with Crippen molar-refractivity contribution in [2.24, 2.45) is 11.7 Å². The average Bonchev–Trinajstić information content (AvgIpc) is 2.90. The van der Waals surface area contributed by atoms with E-state index in [2.05, 4.69) is 5.10 Å². The third-order valence-corrected chi connectivity index (χ3v) is 4.04. The SMILES string of the molecule is NC[C@@H]1CCn2ncc(C(=O)N3CCOCC3)c2C1. The van der Waals surface area contributed by atoms with Crippen LogP contribution in [0.2, 0.25) is 0 Å². The summed E-state index contributed by atoms with van der Waals surface area (Å²) in [5.41, 5.74) is 7.56. The number of fused-ring (bicyclic) bond motifs is 1. The van der Waals surface area contributed by atoms with Gasteiger partial charge in [-0.1, -0.05) is 0 Å². The summed E-state index contributed by atoms with van der Waals surface area (Å²) in [7, 11) is 0. The molecule has 0 spiro atoms. The number of morpholine rings is 1. The molecule has 6 heteroatoms. The van der Waals surface area contributed by atoms with Gasteiger partial charge in [0.1, 0.15) is 0 Å². The molecule has 1 fully saturated rings. The molecule has 3 rings (SSSR count). The summed E-state index contributed by atoms with van der Waals surface area (Å²) in [5, 5.41) is 4.34. The minimum absolute atomic E-state index is 0.0854. The average molecular weight is 264 g/mol. The van der Waals surface area contributed by atoms with E-state index in [0.717, 1.165) is 30.6 Å². The van der Waals surface area contributed by atoms with Crippen molar-refractivity contribution in [1.29, 1.82) is 0 Å². The molecule has 2 aliphatic heterocycles. The lowest BCUT2D eigenvalue weighted by molar-refractivity contribution is 0.0301. The molecule has 0 aliphatic carbocycles. The highest BCUT2D eigenvalue weighted by Crippen LogP contribution is 2.23. The monoisotopic (exact) mass is 264 g/mol. The van der Waals surface area contributed by atoms with E-state index in [9.17, 15) is 4.79 Å². The predicted octanol–water partition coefficient (Wildman–Crippen LogP) is -0.123. The second-order valence-electron chi connectivity index (χ2n) is 5.23. The van der Waals surface area contributed by atoms with Gasteiger partial charge in [0, 0.05) is 19.6 Å². The van der Waals surface area contributed by atoms with Crippen LogP contribution in [0.5, 0.6) is 0 Å². The van der Waals surface area contributed by atoms with Crippen LogP contribution >= 0.6 is 0 Å². The number of carbonyl (C=O) groups is 1. The van der Waals surface area contributed by atoms with Crippen molar-refractivity contribution in [3.05, 3.63) is 17.5 Å². The van der Waals surface area contributed by atoms with Gasteiger partial charge in [-0.3, -0.25) is 9.48 Å². The molecule has 104 valence electrons. The van der Waals surface area contributed by atoms with Crippen LogP contribution < -0.4 is 5.73 Å². The lowest BCUT2D eigenvalue weighted by atomic mass is 9.94. The molecule has 0 unspecified atom stereocenters. The highest BCUT2D eigenvalue weighted by molar-refractivity contribution is 5.95. The molecule has 0 aromatic carbocycles. The quantitative estimate of drug-likeness (QED) is 0.808. The number of hydrogen-bond donors (Lipinski definition) is 1. The zero-order valence-electron chi connectivity index (χ0n) is 11.0. The molecule has 1 amide bonds. The summed E-state index contributed by atoms with van der Waals surface area (Å²) in [4.78, 5) is 14.4. The van der Waals surface area contributed by atoms with Crippen LogP contribution in [0.3, 0.4) is 0 Å². The van der Waals surface area contributed by atoms with Crippen molar-refractivity contribution in [1.82, 2.24) is 14.7 Å². The standard InChI is InChI=1S/C13H20N4O2/c14-8-10-1-2-17-12(7-10)11(9-15-17)13(18)16-3-5-19-6-4-16/h9-10H,1-8,14H2/t10-/m1/s1. The fourth-order valence-electron chi connectivity index (χ4n) is 2.82. The van der Waals surface area contributed by atoms with Crippen LogP contribution in [0.1, 0.15) is 22.5 Å². The number of nitrogens with zero attached hydrogens (tertiary/aromatic N) is 3. The molecule has 1 saturated heterocycles. The van der Waals surface area contributed by atoms with Gasteiger partial charge in [-0.15, -0.1) is 0 Å². The second-order valence-corrected chi connectivity index (χ2v) is 5.23. The fourth-order valence-corrected chi connectivity index (χ4v) is 2.82. The summed E-state index contributed by atoms with van der Waals surface area (Å²) < 4.78 is 7.24. The Hall–Kier alpha value is -1.40. The van der Waals surface area contributed by atoms with Crippen molar-refractivity contribution in [3.63, 3.8) is 0 Å². The van der Waals surface area contributed by atoms with E-state index in [-0.39, 0.29) is 5.91 Å². The Morgan fingerprint density at radius 3 is 2.95 bits per heavy atom. The number of aromatic nitrogens is 2. The Balaban J connectivity index is 1.81. The van der Waals surface area contributed by atoms with Gasteiger partial charge in [0.2, 0.25) is 0 Å². The molecule has 6 nitrogen and oxygen atoms in total. The summed E-state index contributed by atoms with van der Waals surface area (Å²) in [6.45, 7) is 4.14. The topological polar surface area (TPSA) is 73.4 Å². The summed E-state index contributed by atoms with van der Waals surface area (Å²) in [6, 6.07) is 0. The molecule has 1 aromatic rings. The van der Waals surface area contributed by atoms with Gasteiger partial charge in [0.25, 0.3) is 5.91 Å². The normalized spacial score (nSPS) is 23.2.